The Kier molecular flexibility index (Phi) is 3.58. The topological polar surface area (TPSA) is 32.3 Å². The highest BCUT2D eigenvalue weighted by atomic mass is 35.5. The van der Waals surface area contributed by atoms with Gasteiger partial charge in [-0.2, -0.15) is 0 Å². The van der Waals surface area contributed by atoms with E-state index in [0.29, 0.717) is 6.54 Å². The molecule has 2 nitrogen and oxygen atoms in total. The minimum absolute atomic E-state index is 0.140. The van der Waals surface area contributed by atoms with E-state index in [0.717, 1.165) is 21.8 Å². The molecule has 0 heterocycles. The third-order valence-electron chi connectivity index (χ3n) is 1.88. The van der Waals surface area contributed by atoms with Gasteiger partial charge in [-0.15, -0.1) is 0 Å². The van der Waals surface area contributed by atoms with Gasteiger partial charge in [-0.25, -0.2) is 0 Å². The first-order valence-electron chi connectivity index (χ1n) is 4.26. The Morgan fingerprint density at radius 3 is 2.31 bits per heavy atom. The van der Waals surface area contributed by atoms with E-state index in [1.54, 1.807) is 0 Å². The second kappa shape index (κ2) is 4.49. The summed E-state index contributed by atoms with van der Waals surface area (Å²) in [6, 6.07) is 3.95. The smallest absolute Gasteiger partial charge is 0.0604 e. The van der Waals surface area contributed by atoms with Gasteiger partial charge in [0, 0.05) is 17.3 Å². The molecule has 0 aliphatic carbocycles. The summed E-state index contributed by atoms with van der Waals surface area (Å²) in [5.74, 6) is 0. The fourth-order valence-corrected chi connectivity index (χ4v) is 1.36. The molecule has 72 valence electrons. The molecule has 0 aromatic heterocycles. The summed E-state index contributed by atoms with van der Waals surface area (Å²) in [6.45, 7) is 4.65. The Bertz CT molecular complexity index is 276. The normalized spacial score (nSPS) is 10.2. The van der Waals surface area contributed by atoms with Crippen LogP contribution in [0, 0.1) is 13.8 Å². The maximum Gasteiger partial charge on any atom is 0.0604 e. The van der Waals surface area contributed by atoms with E-state index in [9.17, 15) is 0 Å². The first-order chi connectivity index (χ1) is 6.15. The summed E-state index contributed by atoms with van der Waals surface area (Å²) in [5.41, 5.74) is 3.12. The fourth-order valence-electron chi connectivity index (χ4n) is 1.25. The van der Waals surface area contributed by atoms with Crippen LogP contribution in [-0.2, 0) is 0 Å². The van der Waals surface area contributed by atoms with Crippen molar-refractivity contribution in [3.63, 3.8) is 0 Å². The van der Waals surface area contributed by atoms with E-state index in [-0.39, 0.29) is 6.61 Å². The second-order valence-corrected chi connectivity index (χ2v) is 3.45. The van der Waals surface area contributed by atoms with Crippen LogP contribution < -0.4 is 5.32 Å². The molecule has 0 unspecified atom stereocenters. The highest BCUT2D eigenvalue weighted by molar-refractivity contribution is 6.32. The Morgan fingerprint density at radius 1 is 1.31 bits per heavy atom. The number of rotatable bonds is 3. The highest BCUT2D eigenvalue weighted by Crippen LogP contribution is 2.24. The van der Waals surface area contributed by atoms with Crippen LogP contribution in [0.1, 0.15) is 11.1 Å². The largest absolute Gasteiger partial charge is 0.395 e. The van der Waals surface area contributed by atoms with Crippen LogP contribution in [-0.4, -0.2) is 18.3 Å². The number of benzene rings is 1. The van der Waals surface area contributed by atoms with E-state index < -0.39 is 0 Å². The molecule has 0 amide bonds. The minimum atomic E-state index is 0.140. The summed E-state index contributed by atoms with van der Waals surface area (Å²) in [4.78, 5) is 0. The Morgan fingerprint density at radius 2 is 1.85 bits per heavy atom. The molecule has 1 aromatic carbocycles. The van der Waals surface area contributed by atoms with Crippen molar-refractivity contribution in [3.8, 4) is 0 Å². The molecule has 0 saturated carbocycles. The van der Waals surface area contributed by atoms with Gasteiger partial charge in [0.15, 0.2) is 0 Å². The molecule has 0 spiro atoms. The zero-order valence-corrected chi connectivity index (χ0v) is 8.65. The molecule has 3 heteroatoms. The van der Waals surface area contributed by atoms with Gasteiger partial charge in [0.05, 0.1) is 6.61 Å². The van der Waals surface area contributed by atoms with Crippen LogP contribution >= 0.6 is 11.6 Å². The number of aliphatic hydroxyl groups excluding tert-OH is 1. The van der Waals surface area contributed by atoms with Gasteiger partial charge in [0.1, 0.15) is 0 Å². The lowest BCUT2D eigenvalue weighted by molar-refractivity contribution is 0.311. The third kappa shape index (κ3) is 2.61. The maximum absolute atomic E-state index is 8.63. The van der Waals surface area contributed by atoms with Crippen molar-refractivity contribution in [2.24, 2.45) is 0 Å². The maximum atomic E-state index is 8.63. The average Bonchev–Trinajstić information content (AvgIpc) is 2.10. The predicted molar refractivity (Wildman–Crippen MR) is 56.5 cm³/mol. The average molecular weight is 200 g/mol. The quantitative estimate of drug-likeness (QED) is 0.784. The summed E-state index contributed by atoms with van der Waals surface area (Å²) < 4.78 is 0. The van der Waals surface area contributed by atoms with Gasteiger partial charge in [0.2, 0.25) is 0 Å². The number of hydrogen-bond donors (Lipinski definition) is 2. The van der Waals surface area contributed by atoms with E-state index in [1.807, 2.05) is 26.0 Å². The Labute approximate surface area is 83.5 Å². The van der Waals surface area contributed by atoms with Crippen LogP contribution in [0.5, 0.6) is 0 Å². The molecule has 0 saturated heterocycles. The van der Waals surface area contributed by atoms with Crippen LogP contribution in [0.15, 0.2) is 12.1 Å². The van der Waals surface area contributed by atoms with Gasteiger partial charge in [-0.05, 0) is 37.1 Å². The zero-order valence-electron chi connectivity index (χ0n) is 7.89. The molecule has 0 bridgehead atoms. The molecule has 0 aliphatic rings. The van der Waals surface area contributed by atoms with E-state index in [4.69, 9.17) is 16.7 Å². The number of aliphatic hydroxyl groups is 1. The third-order valence-corrected chi connectivity index (χ3v) is 2.47. The van der Waals surface area contributed by atoms with Gasteiger partial charge in [0.25, 0.3) is 0 Å². The lowest BCUT2D eigenvalue weighted by Crippen LogP contribution is -2.05. The molecular formula is C10H14ClNO. The van der Waals surface area contributed by atoms with Crippen molar-refractivity contribution in [3.05, 3.63) is 28.3 Å². The summed E-state index contributed by atoms with van der Waals surface area (Å²) >= 11 is 6.01. The SMILES string of the molecule is Cc1cc(NCCO)cc(C)c1Cl. The fraction of sp³-hybridized carbons (Fsp3) is 0.400. The Hall–Kier alpha value is -0.730. The lowest BCUT2D eigenvalue weighted by Gasteiger charge is -2.08. The minimum Gasteiger partial charge on any atom is -0.395 e. The molecule has 1 rings (SSSR count). The first kappa shape index (κ1) is 10.4. The number of aryl methyl sites for hydroxylation is 2. The van der Waals surface area contributed by atoms with Crippen molar-refractivity contribution in [1.82, 2.24) is 0 Å². The molecular weight excluding hydrogens is 186 g/mol. The molecule has 1 aromatic rings. The van der Waals surface area contributed by atoms with Gasteiger partial charge < -0.3 is 10.4 Å². The number of anilines is 1. The highest BCUT2D eigenvalue weighted by Gasteiger charge is 2.01. The van der Waals surface area contributed by atoms with Crippen LogP contribution in [0.4, 0.5) is 5.69 Å². The molecule has 13 heavy (non-hydrogen) atoms. The summed E-state index contributed by atoms with van der Waals surface area (Å²) in [5, 5.41) is 12.5. The van der Waals surface area contributed by atoms with Gasteiger partial charge in [-0.1, -0.05) is 11.6 Å². The number of halogens is 1. The lowest BCUT2D eigenvalue weighted by atomic mass is 10.1. The van der Waals surface area contributed by atoms with Crippen molar-refractivity contribution in [2.45, 2.75) is 13.8 Å². The van der Waals surface area contributed by atoms with Crippen LogP contribution in [0.25, 0.3) is 0 Å². The van der Waals surface area contributed by atoms with E-state index in [2.05, 4.69) is 5.32 Å². The molecule has 2 N–H and O–H groups in total. The molecule has 0 fully saturated rings. The standard InChI is InChI=1S/C10H14ClNO/c1-7-5-9(12-3-4-13)6-8(2)10(7)11/h5-6,12-13H,3-4H2,1-2H3. The first-order valence-corrected chi connectivity index (χ1v) is 4.64. The van der Waals surface area contributed by atoms with Gasteiger partial charge >= 0.3 is 0 Å². The second-order valence-electron chi connectivity index (χ2n) is 3.07. The molecule has 0 atom stereocenters. The van der Waals surface area contributed by atoms with Crippen LogP contribution in [0.3, 0.4) is 0 Å². The zero-order chi connectivity index (χ0) is 9.84. The van der Waals surface area contributed by atoms with Crippen molar-refractivity contribution < 1.29 is 5.11 Å². The molecule has 0 radical (unpaired) electrons. The van der Waals surface area contributed by atoms with Crippen molar-refractivity contribution in [2.75, 3.05) is 18.5 Å². The van der Waals surface area contributed by atoms with Crippen molar-refractivity contribution in [1.29, 1.82) is 0 Å². The van der Waals surface area contributed by atoms with Crippen LogP contribution in [0.2, 0.25) is 5.02 Å². The number of hydrogen-bond acceptors (Lipinski definition) is 2. The van der Waals surface area contributed by atoms with Crippen molar-refractivity contribution >= 4 is 17.3 Å². The number of nitrogens with one attached hydrogen (secondary N) is 1. The summed E-state index contributed by atoms with van der Waals surface area (Å²) in [7, 11) is 0. The molecule has 0 aliphatic heterocycles. The van der Waals surface area contributed by atoms with E-state index >= 15 is 0 Å². The Balaban J connectivity index is 2.86. The van der Waals surface area contributed by atoms with Gasteiger partial charge in [-0.3, -0.25) is 0 Å². The van der Waals surface area contributed by atoms with E-state index in [1.165, 1.54) is 0 Å². The predicted octanol–water partition coefficient (Wildman–Crippen LogP) is 2.36. The monoisotopic (exact) mass is 199 g/mol. The summed E-state index contributed by atoms with van der Waals surface area (Å²) in [6.07, 6.45) is 0.